The highest BCUT2D eigenvalue weighted by Crippen LogP contribution is 2.49. The molecule has 2 fully saturated rings. The van der Waals surface area contributed by atoms with Gasteiger partial charge in [-0.05, 0) is 56.1 Å². The van der Waals surface area contributed by atoms with E-state index >= 15 is 0 Å². The third-order valence-corrected chi connectivity index (χ3v) is 6.73. The molecule has 4 rings (SSSR count). The minimum Gasteiger partial charge on any atom is -0.353 e. The molecule has 2 saturated carbocycles. The van der Waals surface area contributed by atoms with Crippen LogP contribution in [0.2, 0.25) is 0 Å². The fourth-order valence-electron chi connectivity index (χ4n) is 4.63. The zero-order chi connectivity index (χ0) is 17.4. The third-order valence-electron chi connectivity index (χ3n) is 5.79. The first-order valence-electron chi connectivity index (χ1n) is 9.08. The standard InChI is InChI=1S/C20H23FN2OS/c1-12(18-8-13-5-6-14(18)7-13)22-19(24)10-17-11-25-20(23-17)15-3-2-4-16(21)9-15/h2-4,9,11-14,18H,5-8,10H2,1H3,(H,22,24)/t12-,13+,14+,18+/m0/s1. The molecule has 5 heteroatoms. The molecule has 132 valence electrons. The van der Waals surface area contributed by atoms with E-state index in [1.54, 1.807) is 6.07 Å². The van der Waals surface area contributed by atoms with E-state index in [9.17, 15) is 9.18 Å². The van der Waals surface area contributed by atoms with Crippen LogP contribution < -0.4 is 5.32 Å². The maximum absolute atomic E-state index is 13.3. The van der Waals surface area contributed by atoms with Gasteiger partial charge in [-0.3, -0.25) is 4.79 Å². The first-order valence-corrected chi connectivity index (χ1v) is 9.96. The van der Waals surface area contributed by atoms with Crippen LogP contribution in [-0.2, 0) is 11.2 Å². The summed E-state index contributed by atoms with van der Waals surface area (Å²) in [5, 5.41) is 5.82. The molecule has 1 heterocycles. The molecule has 25 heavy (non-hydrogen) atoms. The molecule has 2 aromatic rings. The van der Waals surface area contributed by atoms with Crippen LogP contribution in [0.3, 0.4) is 0 Å². The lowest BCUT2D eigenvalue weighted by molar-refractivity contribution is -0.121. The van der Waals surface area contributed by atoms with E-state index in [0.717, 1.165) is 28.1 Å². The number of thiazole rings is 1. The SMILES string of the molecule is C[C@H](NC(=O)Cc1csc(-c2cccc(F)c2)n1)[C@H]1C[C@@H]2CC[C@@H]1C2. The maximum Gasteiger partial charge on any atom is 0.226 e. The van der Waals surface area contributed by atoms with Crippen LogP contribution in [0.1, 0.15) is 38.3 Å². The molecule has 2 aliphatic rings. The van der Waals surface area contributed by atoms with Crippen LogP contribution in [0.15, 0.2) is 29.6 Å². The largest absolute Gasteiger partial charge is 0.353 e. The molecular formula is C20H23FN2OS. The lowest BCUT2D eigenvalue weighted by Crippen LogP contribution is -2.40. The molecule has 4 atom stereocenters. The number of hydrogen-bond acceptors (Lipinski definition) is 3. The Kier molecular flexibility index (Phi) is 4.59. The number of nitrogens with zero attached hydrogens (tertiary/aromatic N) is 1. The molecule has 0 unspecified atom stereocenters. The Morgan fingerprint density at radius 2 is 2.28 bits per heavy atom. The molecule has 1 N–H and O–H groups in total. The van der Waals surface area contributed by atoms with Crippen molar-refractivity contribution in [3.8, 4) is 10.6 Å². The normalized spacial score (nSPS) is 25.9. The van der Waals surface area contributed by atoms with Gasteiger partial charge in [0, 0.05) is 17.0 Å². The zero-order valence-corrected chi connectivity index (χ0v) is 15.2. The Hall–Kier alpha value is -1.75. The van der Waals surface area contributed by atoms with Gasteiger partial charge < -0.3 is 5.32 Å². The van der Waals surface area contributed by atoms with Crippen molar-refractivity contribution in [3.63, 3.8) is 0 Å². The first-order chi connectivity index (χ1) is 12.1. The second-order valence-corrected chi connectivity index (χ2v) is 8.38. The van der Waals surface area contributed by atoms with Crippen LogP contribution in [0.5, 0.6) is 0 Å². The maximum atomic E-state index is 13.3. The molecule has 3 nitrogen and oxygen atoms in total. The molecule has 1 amide bonds. The highest BCUT2D eigenvalue weighted by atomic mass is 32.1. The lowest BCUT2D eigenvalue weighted by Gasteiger charge is -2.28. The Bertz CT molecular complexity index is 775. The van der Waals surface area contributed by atoms with Crippen LogP contribution >= 0.6 is 11.3 Å². The summed E-state index contributed by atoms with van der Waals surface area (Å²) in [5.74, 6) is 2.10. The smallest absolute Gasteiger partial charge is 0.226 e. The second kappa shape index (κ2) is 6.87. The summed E-state index contributed by atoms with van der Waals surface area (Å²) in [4.78, 5) is 16.9. The molecule has 1 aromatic heterocycles. The van der Waals surface area contributed by atoms with Gasteiger partial charge in [0.25, 0.3) is 0 Å². The molecule has 1 aromatic carbocycles. The zero-order valence-electron chi connectivity index (χ0n) is 14.4. The number of fused-ring (bicyclic) bond motifs is 2. The monoisotopic (exact) mass is 358 g/mol. The average molecular weight is 358 g/mol. The van der Waals surface area contributed by atoms with Crippen molar-refractivity contribution in [2.24, 2.45) is 17.8 Å². The Balaban J connectivity index is 1.35. The minimum absolute atomic E-state index is 0.0337. The Morgan fingerprint density at radius 1 is 1.40 bits per heavy atom. The third kappa shape index (κ3) is 3.61. The fraction of sp³-hybridized carbons (Fsp3) is 0.500. The number of rotatable bonds is 5. The van der Waals surface area contributed by atoms with Gasteiger partial charge in [0.2, 0.25) is 5.91 Å². The van der Waals surface area contributed by atoms with Crippen LogP contribution in [-0.4, -0.2) is 16.9 Å². The van der Waals surface area contributed by atoms with Crippen LogP contribution in [0.25, 0.3) is 10.6 Å². The number of amides is 1. The number of hydrogen-bond donors (Lipinski definition) is 1. The minimum atomic E-state index is -0.272. The predicted octanol–water partition coefficient (Wildman–Crippen LogP) is 4.43. The van der Waals surface area contributed by atoms with Gasteiger partial charge in [-0.25, -0.2) is 9.37 Å². The van der Waals surface area contributed by atoms with Crippen molar-refractivity contribution in [1.29, 1.82) is 0 Å². The summed E-state index contributed by atoms with van der Waals surface area (Å²) in [6.45, 7) is 2.14. The highest BCUT2D eigenvalue weighted by Gasteiger charge is 2.42. The van der Waals surface area contributed by atoms with E-state index in [2.05, 4.69) is 17.2 Å². The summed E-state index contributed by atoms with van der Waals surface area (Å²) in [6.07, 6.45) is 5.62. The molecule has 0 spiro atoms. The Morgan fingerprint density at radius 3 is 3.00 bits per heavy atom. The summed E-state index contributed by atoms with van der Waals surface area (Å²) in [6, 6.07) is 6.64. The number of aromatic nitrogens is 1. The molecule has 0 radical (unpaired) electrons. The van der Waals surface area contributed by atoms with Crippen molar-refractivity contribution in [2.45, 2.75) is 45.1 Å². The molecule has 0 saturated heterocycles. The highest BCUT2D eigenvalue weighted by molar-refractivity contribution is 7.13. The van der Waals surface area contributed by atoms with Crippen LogP contribution in [0, 0.1) is 23.6 Å². The van der Waals surface area contributed by atoms with Gasteiger partial charge in [-0.2, -0.15) is 0 Å². The van der Waals surface area contributed by atoms with Gasteiger partial charge >= 0.3 is 0 Å². The first kappa shape index (κ1) is 16.7. The van der Waals surface area contributed by atoms with Crippen molar-refractivity contribution in [3.05, 3.63) is 41.2 Å². The predicted molar refractivity (Wildman–Crippen MR) is 97.8 cm³/mol. The van der Waals surface area contributed by atoms with Crippen molar-refractivity contribution in [2.75, 3.05) is 0 Å². The summed E-state index contributed by atoms with van der Waals surface area (Å²) in [7, 11) is 0. The van der Waals surface area contributed by atoms with Gasteiger partial charge in [0.05, 0.1) is 12.1 Å². The van der Waals surface area contributed by atoms with Crippen molar-refractivity contribution >= 4 is 17.2 Å². The second-order valence-electron chi connectivity index (χ2n) is 7.53. The van der Waals surface area contributed by atoms with Crippen molar-refractivity contribution < 1.29 is 9.18 Å². The van der Waals surface area contributed by atoms with Gasteiger partial charge in [-0.1, -0.05) is 18.6 Å². The van der Waals surface area contributed by atoms with E-state index in [1.165, 1.54) is 49.2 Å². The van der Waals surface area contributed by atoms with E-state index < -0.39 is 0 Å². The van der Waals surface area contributed by atoms with Gasteiger partial charge in [0.1, 0.15) is 10.8 Å². The van der Waals surface area contributed by atoms with Gasteiger partial charge in [0.15, 0.2) is 0 Å². The summed E-state index contributed by atoms with van der Waals surface area (Å²) < 4.78 is 13.3. The fourth-order valence-corrected chi connectivity index (χ4v) is 5.44. The van der Waals surface area contributed by atoms with E-state index in [-0.39, 0.29) is 24.2 Å². The summed E-state index contributed by atoms with van der Waals surface area (Å²) >= 11 is 1.45. The number of benzene rings is 1. The van der Waals surface area contributed by atoms with E-state index in [0.29, 0.717) is 5.92 Å². The average Bonchev–Trinajstić information content (AvgIpc) is 3.31. The number of carbonyl (C=O) groups excluding carboxylic acids is 1. The number of carbonyl (C=O) groups is 1. The van der Waals surface area contributed by atoms with Crippen LogP contribution in [0.4, 0.5) is 4.39 Å². The molecular weight excluding hydrogens is 335 g/mol. The van der Waals surface area contributed by atoms with Crippen molar-refractivity contribution in [1.82, 2.24) is 10.3 Å². The topological polar surface area (TPSA) is 42.0 Å². The summed E-state index contributed by atoms with van der Waals surface area (Å²) in [5.41, 5.74) is 1.51. The lowest BCUT2D eigenvalue weighted by atomic mass is 9.84. The number of nitrogens with one attached hydrogen (secondary N) is 1. The van der Waals surface area contributed by atoms with Gasteiger partial charge in [-0.15, -0.1) is 11.3 Å². The van der Waals surface area contributed by atoms with E-state index in [1.807, 2.05) is 11.4 Å². The molecule has 0 aliphatic heterocycles. The molecule has 2 bridgehead atoms. The molecule has 2 aliphatic carbocycles. The number of halogens is 1. The quantitative estimate of drug-likeness (QED) is 0.859. The Labute approximate surface area is 151 Å². The van der Waals surface area contributed by atoms with E-state index in [4.69, 9.17) is 0 Å².